The van der Waals surface area contributed by atoms with Gasteiger partial charge in [-0.3, -0.25) is 20.2 Å². The summed E-state index contributed by atoms with van der Waals surface area (Å²) in [5.41, 5.74) is -0.787. The van der Waals surface area contributed by atoms with E-state index in [4.69, 9.17) is 21.9 Å². The second-order valence-corrected chi connectivity index (χ2v) is 8.24. The highest BCUT2D eigenvalue weighted by molar-refractivity contribution is 7.89. The Hall–Kier alpha value is -2.65. The predicted octanol–water partition coefficient (Wildman–Crippen LogP) is 1.14. The minimum absolute atomic E-state index is 0.137. The molecule has 0 amide bonds. The standard InChI is InChI=1S/C6H5ClN2O4S.C6H6N2O4S/c7-5-2-1-4(14(8,12)13)3-6(5)9(10)11;7-13(11,12)6-3-1-2-5(4-6)8(9)10/h1-3H,(H2,8,12,13);1-4H,(H2,7,11,12). The lowest BCUT2D eigenvalue weighted by Crippen LogP contribution is -2.12. The fraction of sp³-hybridized carbons (Fsp3) is 0. The van der Waals surface area contributed by atoms with Crippen molar-refractivity contribution in [3.05, 3.63) is 67.7 Å². The van der Waals surface area contributed by atoms with Gasteiger partial charge in [-0.15, -0.1) is 0 Å². The fourth-order valence-corrected chi connectivity index (χ4v) is 2.86. The van der Waals surface area contributed by atoms with E-state index in [1.807, 2.05) is 0 Å². The number of nitrogens with zero attached hydrogens (tertiary/aromatic N) is 2. The number of hydrogen-bond acceptors (Lipinski definition) is 8. The van der Waals surface area contributed by atoms with Crippen molar-refractivity contribution in [3.63, 3.8) is 0 Å². The molecule has 0 aromatic heterocycles. The molecule has 0 aliphatic carbocycles. The van der Waals surface area contributed by atoms with E-state index in [0.29, 0.717) is 0 Å². The fourth-order valence-electron chi connectivity index (χ4n) is 1.58. The van der Waals surface area contributed by atoms with Crippen LogP contribution in [0.15, 0.2) is 52.3 Å². The number of hydrogen-bond donors (Lipinski definition) is 2. The van der Waals surface area contributed by atoms with Crippen LogP contribution in [0.1, 0.15) is 0 Å². The summed E-state index contributed by atoms with van der Waals surface area (Å²) in [6.45, 7) is 0. The lowest BCUT2D eigenvalue weighted by molar-refractivity contribution is -0.385. The first-order valence-corrected chi connectivity index (χ1v) is 9.94. The monoisotopic (exact) mass is 438 g/mol. The van der Waals surface area contributed by atoms with E-state index in [1.165, 1.54) is 18.2 Å². The first-order chi connectivity index (χ1) is 12.2. The Morgan fingerprint density at radius 1 is 0.815 bits per heavy atom. The van der Waals surface area contributed by atoms with Gasteiger partial charge in [0, 0.05) is 18.2 Å². The maximum atomic E-state index is 10.8. The molecule has 0 bridgehead atoms. The number of nitro benzene ring substituents is 2. The van der Waals surface area contributed by atoms with Gasteiger partial charge in [0.2, 0.25) is 20.0 Å². The molecule has 2 rings (SSSR count). The molecule has 0 fully saturated rings. The van der Waals surface area contributed by atoms with E-state index in [1.54, 1.807) is 0 Å². The summed E-state index contributed by atoms with van der Waals surface area (Å²) in [5, 5.41) is 30.1. The first-order valence-electron chi connectivity index (χ1n) is 6.47. The zero-order valence-corrected chi connectivity index (χ0v) is 15.4. The van der Waals surface area contributed by atoms with Crippen molar-refractivity contribution in [2.24, 2.45) is 10.3 Å². The Kier molecular flexibility index (Phi) is 6.93. The van der Waals surface area contributed by atoms with Crippen molar-refractivity contribution in [1.29, 1.82) is 0 Å². The molecule has 0 aliphatic heterocycles. The average molecular weight is 439 g/mol. The maximum Gasteiger partial charge on any atom is 0.289 e. The summed E-state index contributed by atoms with van der Waals surface area (Å²) >= 11 is 5.46. The van der Waals surface area contributed by atoms with Crippen molar-refractivity contribution in [2.75, 3.05) is 0 Å². The third-order valence-electron chi connectivity index (χ3n) is 2.80. The van der Waals surface area contributed by atoms with Gasteiger partial charge in [0.1, 0.15) is 5.02 Å². The summed E-state index contributed by atoms with van der Waals surface area (Å²) in [5.74, 6) is 0. The lowest BCUT2D eigenvalue weighted by atomic mass is 10.3. The van der Waals surface area contributed by atoms with Crippen LogP contribution in [-0.2, 0) is 20.0 Å². The molecule has 4 N–H and O–H groups in total. The van der Waals surface area contributed by atoms with Crippen molar-refractivity contribution in [3.8, 4) is 0 Å². The van der Waals surface area contributed by atoms with Crippen molar-refractivity contribution in [2.45, 2.75) is 9.79 Å². The topological polar surface area (TPSA) is 207 Å². The minimum atomic E-state index is -3.94. The van der Waals surface area contributed by atoms with Gasteiger partial charge in [0.05, 0.1) is 19.6 Å². The second-order valence-electron chi connectivity index (χ2n) is 4.71. The molecule has 0 saturated heterocycles. The number of benzene rings is 2. The number of non-ortho nitro benzene ring substituents is 1. The molecule has 2 aromatic rings. The SMILES string of the molecule is NS(=O)(=O)c1ccc(Cl)c([N+](=O)[O-])c1.NS(=O)(=O)c1cccc([N+](=O)[O-])c1. The smallest absolute Gasteiger partial charge is 0.258 e. The molecular formula is C12H11ClN4O8S2. The minimum Gasteiger partial charge on any atom is -0.258 e. The van der Waals surface area contributed by atoms with Crippen LogP contribution in [0.2, 0.25) is 5.02 Å². The summed E-state index contributed by atoms with van der Waals surface area (Å²) in [4.78, 5) is 18.6. The van der Waals surface area contributed by atoms with Gasteiger partial charge in [-0.25, -0.2) is 27.1 Å². The van der Waals surface area contributed by atoms with Gasteiger partial charge in [0.15, 0.2) is 0 Å². The first kappa shape index (κ1) is 22.4. The van der Waals surface area contributed by atoms with Crippen LogP contribution in [-0.4, -0.2) is 26.7 Å². The zero-order chi connectivity index (χ0) is 21.0. The van der Waals surface area contributed by atoms with Crippen LogP contribution in [0.4, 0.5) is 11.4 Å². The van der Waals surface area contributed by atoms with Crippen LogP contribution in [0.25, 0.3) is 0 Å². The molecule has 0 spiro atoms. The van der Waals surface area contributed by atoms with E-state index in [2.05, 4.69) is 0 Å². The van der Waals surface area contributed by atoms with E-state index in [-0.39, 0.29) is 20.5 Å². The van der Waals surface area contributed by atoms with E-state index >= 15 is 0 Å². The number of rotatable bonds is 4. The molecule has 146 valence electrons. The van der Waals surface area contributed by atoms with E-state index in [0.717, 1.165) is 24.3 Å². The van der Waals surface area contributed by atoms with Crippen LogP contribution in [0, 0.1) is 20.2 Å². The number of halogens is 1. The van der Waals surface area contributed by atoms with Gasteiger partial charge in [-0.2, -0.15) is 0 Å². The number of primary sulfonamides is 2. The van der Waals surface area contributed by atoms with Gasteiger partial charge in [-0.05, 0) is 18.2 Å². The Balaban J connectivity index is 0.000000271. The molecule has 0 radical (unpaired) electrons. The maximum absolute atomic E-state index is 10.8. The summed E-state index contributed by atoms with van der Waals surface area (Å²) in [6.07, 6.45) is 0. The van der Waals surface area contributed by atoms with Crippen LogP contribution < -0.4 is 10.3 Å². The quantitative estimate of drug-likeness (QED) is 0.520. The zero-order valence-electron chi connectivity index (χ0n) is 13.1. The molecular weight excluding hydrogens is 428 g/mol. The summed E-state index contributed by atoms with van der Waals surface area (Å²) in [7, 11) is -7.80. The van der Waals surface area contributed by atoms with Crippen molar-refractivity contribution < 1.29 is 26.7 Å². The van der Waals surface area contributed by atoms with Gasteiger partial charge >= 0.3 is 0 Å². The normalized spacial score (nSPS) is 11.2. The number of nitrogens with two attached hydrogens (primary N) is 2. The molecule has 15 heteroatoms. The number of nitro groups is 2. The Bertz CT molecular complexity index is 1100. The van der Waals surface area contributed by atoms with Crippen molar-refractivity contribution in [1.82, 2.24) is 0 Å². The molecule has 0 aliphatic rings. The van der Waals surface area contributed by atoms with E-state index < -0.39 is 35.6 Å². The van der Waals surface area contributed by atoms with Gasteiger partial charge < -0.3 is 0 Å². The van der Waals surface area contributed by atoms with Gasteiger partial charge in [0.25, 0.3) is 11.4 Å². The van der Waals surface area contributed by atoms with Crippen molar-refractivity contribution >= 4 is 43.0 Å². The largest absolute Gasteiger partial charge is 0.289 e. The second kappa shape index (κ2) is 8.36. The molecule has 12 nitrogen and oxygen atoms in total. The molecule has 27 heavy (non-hydrogen) atoms. The lowest BCUT2D eigenvalue weighted by Gasteiger charge is -1.98. The Morgan fingerprint density at radius 2 is 1.33 bits per heavy atom. The third kappa shape index (κ3) is 6.54. The average Bonchev–Trinajstić information content (AvgIpc) is 2.53. The highest BCUT2D eigenvalue weighted by atomic mass is 35.5. The molecule has 0 atom stereocenters. The van der Waals surface area contributed by atoms with Crippen LogP contribution in [0.3, 0.4) is 0 Å². The molecule has 2 aromatic carbocycles. The van der Waals surface area contributed by atoms with Gasteiger partial charge in [-0.1, -0.05) is 17.7 Å². The predicted molar refractivity (Wildman–Crippen MR) is 93.9 cm³/mol. The molecule has 0 unspecified atom stereocenters. The molecule has 0 saturated carbocycles. The van der Waals surface area contributed by atoms with Crippen LogP contribution >= 0.6 is 11.6 Å². The summed E-state index contributed by atoms with van der Waals surface area (Å²) in [6, 6.07) is 7.59. The Labute approximate surface area is 157 Å². The van der Waals surface area contributed by atoms with Crippen LogP contribution in [0.5, 0.6) is 0 Å². The highest BCUT2D eigenvalue weighted by Gasteiger charge is 2.17. The Morgan fingerprint density at radius 3 is 1.78 bits per heavy atom. The highest BCUT2D eigenvalue weighted by Crippen LogP contribution is 2.26. The molecule has 0 heterocycles. The summed E-state index contributed by atoms with van der Waals surface area (Å²) < 4.78 is 43.2. The number of sulfonamides is 2. The van der Waals surface area contributed by atoms with E-state index in [9.17, 15) is 37.1 Å². The third-order valence-corrected chi connectivity index (χ3v) is 4.94.